The summed E-state index contributed by atoms with van der Waals surface area (Å²) in [5.41, 5.74) is 0.597. The number of amides is 1. The van der Waals surface area contributed by atoms with E-state index in [9.17, 15) is 19.7 Å². The number of carbonyl (C=O) groups is 2. The SMILES string of the molecule is COC(=O)c1cc(NC(=O)c2ccc([N+](=O)[O-])cc2)ccc1Cl. The first-order valence-corrected chi connectivity index (χ1v) is 6.74. The normalized spacial score (nSPS) is 10.0. The molecule has 0 unspecified atom stereocenters. The molecule has 0 heterocycles. The molecule has 0 saturated heterocycles. The molecule has 1 N–H and O–H groups in total. The van der Waals surface area contributed by atoms with Gasteiger partial charge in [-0.1, -0.05) is 11.6 Å². The van der Waals surface area contributed by atoms with Gasteiger partial charge in [-0.3, -0.25) is 14.9 Å². The first-order valence-electron chi connectivity index (χ1n) is 6.36. The van der Waals surface area contributed by atoms with Crippen molar-refractivity contribution in [3.05, 3.63) is 68.7 Å². The average molecular weight is 335 g/mol. The molecule has 1 amide bonds. The number of nitro groups is 1. The van der Waals surface area contributed by atoms with Crippen molar-refractivity contribution in [2.75, 3.05) is 12.4 Å². The van der Waals surface area contributed by atoms with Gasteiger partial charge in [0.05, 0.1) is 22.6 Å². The Morgan fingerprint density at radius 3 is 2.39 bits per heavy atom. The summed E-state index contributed by atoms with van der Waals surface area (Å²) < 4.78 is 4.60. The predicted octanol–water partition coefficient (Wildman–Crippen LogP) is 3.29. The van der Waals surface area contributed by atoms with Gasteiger partial charge in [-0.2, -0.15) is 0 Å². The number of carbonyl (C=O) groups excluding carboxylic acids is 2. The fourth-order valence-corrected chi connectivity index (χ4v) is 2.00. The topological polar surface area (TPSA) is 98.5 Å². The summed E-state index contributed by atoms with van der Waals surface area (Å²) >= 11 is 5.89. The van der Waals surface area contributed by atoms with E-state index in [0.717, 1.165) is 0 Å². The van der Waals surface area contributed by atoms with E-state index >= 15 is 0 Å². The van der Waals surface area contributed by atoms with Gasteiger partial charge in [0.15, 0.2) is 0 Å². The van der Waals surface area contributed by atoms with Crippen LogP contribution in [-0.4, -0.2) is 23.9 Å². The lowest BCUT2D eigenvalue weighted by molar-refractivity contribution is -0.384. The van der Waals surface area contributed by atoms with Crippen LogP contribution in [0.15, 0.2) is 42.5 Å². The van der Waals surface area contributed by atoms with Crippen LogP contribution < -0.4 is 5.32 Å². The first kappa shape index (κ1) is 16.4. The molecule has 8 heteroatoms. The Kier molecular flexibility index (Phi) is 4.92. The van der Waals surface area contributed by atoms with E-state index in [1.165, 1.54) is 49.6 Å². The van der Waals surface area contributed by atoms with Crippen LogP contribution in [0, 0.1) is 10.1 Å². The Bertz CT molecular complexity index is 774. The Hall–Kier alpha value is -2.93. The molecule has 0 spiro atoms. The molecule has 0 aliphatic heterocycles. The van der Waals surface area contributed by atoms with Gasteiger partial charge < -0.3 is 10.1 Å². The van der Waals surface area contributed by atoms with Gasteiger partial charge in [0.2, 0.25) is 0 Å². The quantitative estimate of drug-likeness (QED) is 0.525. The lowest BCUT2D eigenvalue weighted by Crippen LogP contribution is -2.12. The van der Waals surface area contributed by atoms with Crippen molar-refractivity contribution in [3.63, 3.8) is 0 Å². The second-order valence-corrected chi connectivity index (χ2v) is 4.85. The predicted molar refractivity (Wildman–Crippen MR) is 83.8 cm³/mol. The molecule has 0 aliphatic rings. The molecular weight excluding hydrogens is 324 g/mol. The van der Waals surface area contributed by atoms with Gasteiger partial charge in [-0.05, 0) is 30.3 Å². The van der Waals surface area contributed by atoms with Gasteiger partial charge in [-0.25, -0.2) is 4.79 Å². The van der Waals surface area contributed by atoms with Crippen molar-refractivity contribution in [2.24, 2.45) is 0 Å². The van der Waals surface area contributed by atoms with E-state index < -0.39 is 16.8 Å². The van der Waals surface area contributed by atoms with Crippen molar-refractivity contribution < 1.29 is 19.2 Å². The summed E-state index contributed by atoms with van der Waals surface area (Å²) in [6.45, 7) is 0. The second-order valence-electron chi connectivity index (χ2n) is 4.44. The number of hydrogen-bond donors (Lipinski definition) is 1. The Morgan fingerprint density at radius 1 is 1.17 bits per heavy atom. The largest absolute Gasteiger partial charge is 0.465 e. The summed E-state index contributed by atoms with van der Waals surface area (Å²) in [4.78, 5) is 33.7. The summed E-state index contributed by atoms with van der Waals surface area (Å²) in [5.74, 6) is -1.10. The highest BCUT2D eigenvalue weighted by molar-refractivity contribution is 6.33. The van der Waals surface area contributed by atoms with E-state index in [2.05, 4.69) is 10.1 Å². The number of nitrogens with zero attached hydrogens (tertiary/aromatic N) is 1. The minimum Gasteiger partial charge on any atom is -0.465 e. The number of non-ortho nitro benzene ring substituents is 1. The monoisotopic (exact) mass is 334 g/mol. The third-order valence-electron chi connectivity index (χ3n) is 2.97. The zero-order valence-electron chi connectivity index (χ0n) is 11.9. The Balaban J connectivity index is 2.20. The molecule has 7 nitrogen and oxygen atoms in total. The van der Waals surface area contributed by atoms with E-state index in [1.807, 2.05) is 0 Å². The number of nitrogens with one attached hydrogen (secondary N) is 1. The molecule has 0 bridgehead atoms. The molecule has 2 aromatic rings. The lowest BCUT2D eigenvalue weighted by Gasteiger charge is -2.08. The molecule has 0 atom stereocenters. The van der Waals surface area contributed by atoms with Crippen LogP contribution in [0.3, 0.4) is 0 Å². The van der Waals surface area contributed by atoms with Crippen molar-refractivity contribution in [2.45, 2.75) is 0 Å². The van der Waals surface area contributed by atoms with Crippen LogP contribution >= 0.6 is 11.6 Å². The molecule has 118 valence electrons. The van der Waals surface area contributed by atoms with Crippen LogP contribution in [0.5, 0.6) is 0 Å². The second kappa shape index (κ2) is 6.89. The Morgan fingerprint density at radius 2 is 1.83 bits per heavy atom. The van der Waals surface area contributed by atoms with Crippen molar-refractivity contribution in [1.29, 1.82) is 0 Å². The minimum absolute atomic E-state index is 0.110. The summed E-state index contributed by atoms with van der Waals surface area (Å²) in [7, 11) is 1.22. The van der Waals surface area contributed by atoms with Crippen LogP contribution in [-0.2, 0) is 4.74 Å². The van der Waals surface area contributed by atoms with E-state index in [4.69, 9.17) is 11.6 Å². The maximum absolute atomic E-state index is 12.1. The number of methoxy groups -OCH3 is 1. The number of nitro benzene ring substituents is 1. The van der Waals surface area contributed by atoms with E-state index in [0.29, 0.717) is 5.69 Å². The molecule has 2 rings (SSSR count). The number of anilines is 1. The van der Waals surface area contributed by atoms with Crippen LogP contribution in [0.1, 0.15) is 20.7 Å². The van der Waals surface area contributed by atoms with Crippen molar-refractivity contribution in [1.82, 2.24) is 0 Å². The number of ether oxygens (including phenoxy) is 1. The van der Waals surface area contributed by atoms with Crippen LogP contribution in [0.25, 0.3) is 0 Å². The standard InChI is InChI=1S/C15H11ClN2O5/c1-23-15(20)12-8-10(4-7-13(12)16)17-14(19)9-2-5-11(6-3-9)18(21)22/h2-8H,1H3,(H,17,19). The molecule has 0 aliphatic carbocycles. The molecule has 2 aromatic carbocycles. The minimum atomic E-state index is -0.624. The molecular formula is C15H11ClN2O5. The summed E-state index contributed by atoms with van der Waals surface area (Å²) in [6.07, 6.45) is 0. The lowest BCUT2D eigenvalue weighted by atomic mass is 10.1. The summed E-state index contributed by atoms with van der Waals surface area (Å²) in [5, 5.41) is 13.4. The molecule has 0 saturated carbocycles. The Labute approximate surface area is 136 Å². The molecule has 0 aromatic heterocycles. The molecule has 23 heavy (non-hydrogen) atoms. The van der Waals surface area contributed by atoms with Gasteiger partial charge in [0.25, 0.3) is 11.6 Å². The van der Waals surface area contributed by atoms with E-state index in [-0.39, 0.29) is 21.8 Å². The highest BCUT2D eigenvalue weighted by Gasteiger charge is 2.14. The zero-order valence-corrected chi connectivity index (χ0v) is 12.7. The third kappa shape index (κ3) is 3.83. The van der Waals surface area contributed by atoms with Crippen molar-refractivity contribution >= 4 is 34.9 Å². The average Bonchev–Trinajstić information content (AvgIpc) is 2.55. The molecule has 0 fully saturated rings. The zero-order chi connectivity index (χ0) is 17.0. The van der Waals surface area contributed by atoms with Gasteiger partial charge in [-0.15, -0.1) is 0 Å². The van der Waals surface area contributed by atoms with Crippen LogP contribution in [0.4, 0.5) is 11.4 Å². The molecule has 0 radical (unpaired) electrons. The van der Waals surface area contributed by atoms with E-state index in [1.54, 1.807) is 0 Å². The number of halogens is 1. The number of benzene rings is 2. The van der Waals surface area contributed by atoms with Gasteiger partial charge in [0, 0.05) is 23.4 Å². The number of hydrogen-bond acceptors (Lipinski definition) is 5. The number of rotatable bonds is 4. The number of esters is 1. The van der Waals surface area contributed by atoms with Gasteiger partial charge >= 0.3 is 5.97 Å². The fraction of sp³-hybridized carbons (Fsp3) is 0.0667. The van der Waals surface area contributed by atoms with Gasteiger partial charge in [0.1, 0.15) is 0 Å². The third-order valence-corrected chi connectivity index (χ3v) is 3.30. The smallest absolute Gasteiger partial charge is 0.339 e. The first-order chi connectivity index (χ1) is 10.9. The van der Waals surface area contributed by atoms with Crippen molar-refractivity contribution in [3.8, 4) is 0 Å². The van der Waals surface area contributed by atoms with Crippen LogP contribution in [0.2, 0.25) is 5.02 Å². The summed E-state index contributed by atoms with van der Waals surface area (Å²) in [6, 6.07) is 9.51. The highest BCUT2D eigenvalue weighted by Crippen LogP contribution is 2.22. The maximum Gasteiger partial charge on any atom is 0.339 e. The maximum atomic E-state index is 12.1. The fourth-order valence-electron chi connectivity index (χ4n) is 1.81. The highest BCUT2D eigenvalue weighted by atomic mass is 35.5.